The number of rotatable bonds is 3. The Labute approximate surface area is 180 Å². The highest BCUT2D eigenvalue weighted by atomic mass is 19.1. The molecule has 5 heteroatoms. The number of alkyl halides is 2. The van der Waals surface area contributed by atoms with Crippen LogP contribution in [0.15, 0.2) is 30.3 Å². The van der Waals surface area contributed by atoms with E-state index in [0.717, 1.165) is 25.8 Å². The quantitative estimate of drug-likeness (QED) is 0.726. The molecule has 168 valence electrons. The minimum absolute atomic E-state index is 0.0663. The van der Waals surface area contributed by atoms with Crippen molar-refractivity contribution in [1.82, 2.24) is 10.6 Å². The molecule has 3 nitrogen and oxygen atoms in total. The molecule has 0 spiro atoms. The van der Waals surface area contributed by atoms with E-state index in [1.165, 1.54) is 25.3 Å². The van der Waals surface area contributed by atoms with Crippen LogP contribution in [0.25, 0.3) is 0 Å². The summed E-state index contributed by atoms with van der Waals surface area (Å²) < 4.78 is 24.5. The molecule has 6 atom stereocenters. The molecule has 0 radical (unpaired) electrons. The normalized spacial score (nSPS) is 38.2. The predicted octanol–water partition coefficient (Wildman–Crippen LogP) is 4.95. The van der Waals surface area contributed by atoms with Crippen LogP contribution in [-0.4, -0.2) is 37.9 Å². The molecule has 4 rings (SSSR count). The third kappa shape index (κ3) is 5.04. The first-order valence-corrected chi connectivity index (χ1v) is 11.6. The monoisotopic (exact) mass is 420 g/mol. The zero-order chi connectivity index (χ0) is 21.8. The number of carbonyl (C=O) groups excluding carboxylic acids is 1. The van der Waals surface area contributed by atoms with Gasteiger partial charge in [-0.05, 0) is 74.8 Å². The smallest absolute Gasteiger partial charge is 0.226 e. The van der Waals surface area contributed by atoms with Gasteiger partial charge in [0.1, 0.15) is 6.17 Å². The SMILES string of the molecule is CC1CC2CC(C)(C(=O)NC3CCNCC3F)CC(c3ccccc3)(C1)C2.CCF. The van der Waals surface area contributed by atoms with Crippen LogP contribution in [0.4, 0.5) is 8.78 Å². The molecule has 2 saturated carbocycles. The minimum Gasteiger partial charge on any atom is -0.350 e. The van der Waals surface area contributed by atoms with Crippen molar-refractivity contribution in [2.24, 2.45) is 17.3 Å². The zero-order valence-corrected chi connectivity index (χ0v) is 18.7. The fourth-order valence-electron chi connectivity index (χ4n) is 6.42. The van der Waals surface area contributed by atoms with E-state index >= 15 is 0 Å². The molecule has 30 heavy (non-hydrogen) atoms. The third-order valence-corrected chi connectivity index (χ3v) is 7.28. The van der Waals surface area contributed by atoms with Crippen LogP contribution in [0, 0.1) is 17.3 Å². The first-order valence-electron chi connectivity index (χ1n) is 11.6. The van der Waals surface area contributed by atoms with E-state index in [0.29, 0.717) is 24.8 Å². The van der Waals surface area contributed by atoms with Gasteiger partial charge in [0.2, 0.25) is 5.91 Å². The van der Waals surface area contributed by atoms with E-state index in [1.807, 2.05) is 0 Å². The lowest BCUT2D eigenvalue weighted by Gasteiger charge is -2.54. The number of amides is 1. The molecule has 3 fully saturated rings. The van der Waals surface area contributed by atoms with Crippen LogP contribution in [0.3, 0.4) is 0 Å². The highest BCUT2D eigenvalue weighted by Crippen LogP contribution is 2.58. The Hall–Kier alpha value is -1.49. The highest BCUT2D eigenvalue weighted by molar-refractivity contribution is 5.83. The molecule has 2 N–H and O–H groups in total. The average molecular weight is 421 g/mol. The summed E-state index contributed by atoms with van der Waals surface area (Å²) in [6, 6.07) is 10.4. The maximum absolute atomic E-state index is 14.2. The van der Waals surface area contributed by atoms with Gasteiger partial charge in [0.05, 0.1) is 12.7 Å². The molecule has 6 unspecified atom stereocenters. The fourth-order valence-corrected chi connectivity index (χ4v) is 6.42. The number of piperidine rings is 1. The molecular weight excluding hydrogens is 382 g/mol. The van der Waals surface area contributed by atoms with Gasteiger partial charge >= 0.3 is 0 Å². The second kappa shape index (κ2) is 9.76. The summed E-state index contributed by atoms with van der Waals surface area (Å²) in [4.78, 5) is 13.3. The van der Waals surface area contributed by atoms with Gasteiger partial charge in [0, 0.05) is 12.0 Å². The number of benzene rings is 1. The van der Waals surface area contributed by atoms with E-state index in [2.05, 4.69) is 54.8 Å². The molecule has 1 heterocycles. The molecule has 3 aliphatic rings. The second-order valence-corrected chi connectivity index (χ2v) is 10.1. The Morgan fingerprint density at radius 3 is 2.60 bits per heavy atom. The molecule has 2 bridgehead atoms. The van der Waals surface area contributed by atoms with Crippen molar-refractivity contribution in [3.8, 4) is 0 Å². The second-order valence-electron chi connectivity index (χ2n) is 10.1. The Morgan fingerprint density at radius 1 is 1.23 bits per heavy atom. The van der Waals surface area contributed by atoms with Gasteiger partial charge in [-0.1, -0.05) is 44.2 Å². The lowest BCUT2D eigenvalue weighted by Crippen LogP contribution is -2.57. The Bertz CT molecular complexity index is 696. The van der Waals surface area contributed by atoms with E-state index < -0.39 is 11.6 Å². The first-order chi connectivity index (χ1) is 14.3. The van der Waals surface area contributed by atoms with Crippen molar-refractivity contribution in [1.29, 1.82) is 0 Å². The number of nitrogens with one attached hydrogen (secondary N) is 2. The van der Waals surface area contributed by atoms with Crippen LogP contribution in [-0.2, 0) is 10.2 Å². The molecule has 1 aromatic rings. The van der Waals surface area contributed by atoms with E-state index in [1.54, 1.807) is 0 Å². The number of halogens is 2. The lowest BCUT2D eigenvalue weighted by molar-refractivity contribution is -0.138. The molecule has 1 aliphatic heterocycles. The molecule has 1 saturated heterocycles. The van der Waals surface area contributed by atoms with Crippen LogP contribution in [0.2, 0.25) is 0 Å². The first kappa shape index (κ1) is 23.2. The Balaban J connectivity index is 0.000000806. The largest absolute Gasteiger partial charge is 0.350 e. The van der Waals surface area contributed by atoms with Crippen molar-refractivity contribution in [3.05, 3.63) is 35.9 Å². The molecular formula is C25H38F2N2O. The zero-order valence-electron chi connectivity index (χ0n) is 18.7. The van der Waals surface area contributed by atoms with Crippen LogP contribution in [0.5, 0.6) is 0 Å². The Morgan fingerprint density at radius 2 is 1.93 bits per heavy atom. The number of carbonyl (C=O) groups is 1. The summed E-state index contributed by atoms with van der Waals surface area (Å²) in [5, 5.41) is 6.16. The fraction of sp³-hybridized carbons (Fsp3) is 0.720. The van der Waals surface area contributed by atoms with Crippen LogP contribution in [0.1, 0.15) is 64.9 Å². The maximum atomic E-state index is 14.2. The molecule has 1 aromatic carbocycles. The van der Waals surface area contributed by atoms with Crippen molar-refractivity contribution >= 4 is 5.91 Å². The highest BCUT2D eigenvalue weighted by Gasteiger charge is 2.53. The van der Waals surface area contributed by atoms with Gasteiger partial charge in [0.15, 0.2) is 0 Å². The summed E-state index contributed by atoms with van der Waals surface area (Å²) in [7, 11) is 0. The van der Waals surface area contributed by atoms with Crippen molar-refractivity contribution < 1.29 is 13.6 Å². The van der Waals surface area contributed by atoms with Gasteiger partial charge in [-0.2, -0.15) is 0 Å². The lowest BCUT2D eigenvalue weighted by atomic mass is 9.50. The summed E-state index contributed by atoms with van der Waals surface area (Å²) in [6.07, 6.45) is 5.03. The Kier molecular flexibility index (Phi) is 7.54. The van der Waals surface area contributed by atoms with E-state index in [4.69, 9.17) is 0 Å². The van der Waals surface area contributed by atoms with Gasteiger partial charge in [-0.15, -0.1) is 0 Å². The van der Waals surface area contributed by atoms with E-state index in [-0.39, 0.29) is 24.0 Å². The summed E-state index contributed by atoms with van der Waals surface area (Å²) in [6.45, 7) is 6.80. The van der Waals surface area contributed by atoms with Gasteiger partial charge in [-0.3, -0.25) is 9.18 Å². The van der Waals surface area contributed by atoms with E-state index in [9.17, 15) is 13.6 Å². The van der Waals surface area contributed by atoms with Crippen molar-refractivity contribution in [2.45, 2.75) is 76.9 Å². The average Bonchev–Trinajstić information content (AvgIpc) is 2.70. The van der Waals surface area contributed by atoms with Crippen LogP contribution >= 0.6 is 0 Å². The van der Waals surface area contributed by atoms with Crippen molar-refractivity contribution in [2.75, 3.05) is 19.8 Å². The van der Waals surface area contributed by atoms with Crippen molar-refractivity contribution in [3.63, 3.8) is 0 Å². The number of hydrogen-bond acceptors (Lipinski definition) is 2. The molecule has 0 aromatic heterocycles. The number of hydrogen-bond donors (Lipinski definition) is 2. The standard InChI is InChI=1S/C23H33FN2O.C2H5F/c1-16-10-17-12-22(2,21(27)26-20-8-9-25-14-19(20)24)15-23(11-16,13-17)18-6-4-3-5-7-18;1-2-3/h3-7,16-17,19-20,25H,8-15H2,1-2H3,(H,26,27);2H2,1H3. The summed E-state index contributed by atoms with van der Waals surface area (Å²) >= 11 is 0. The topological polar surface area (TPSA) is 41.1 Å². The maximum Gasteiger partial charge on any atom is 0.226 e. The number of fused-ring (bicyclic) bond motifs is 2. The van der Waals surface area contributed by atoms with Gasteiger partial charge in [-0.25, -0.2) is 4.39 Å². The third-order valence-electron chi connectivity index (χ3n) is 7.28. The predicted molar refractivity (Wildman–Crippen MR) is 118 cm³/mol. The summed E-state index contributed by atoms with van der Waals surface area (Å²) in [5.74, 6) is 1.33. The minimum atomic E-state index is -0.988. The summed E-state index contributed by atoms with van der Waals surface area (Å²) in [5.41, 5.74) is 1.05. The van der Waals surface area contributed by atoms with Gasteiger partial charge in [0.25, 0.3) is 0 Å². The molecule has 1 amide bonds. The molecule has 2 aliphatic carbocycles. The van der Waals surface area contributed by atoms with Crippen LogP contribution < -0.4 is 10.6 Å². The van der Waals surface area contributed by atoms with Gasteiger partial charge < -0.3 is 10.6 Å².